The number of carbonyl (C=O) groups excluding carboxylic acids is 2. The highest BCUT2D eigenvalue weighted by molar-refractivity contribution is 5.92. The van der Waals surface area contributed by atoms with Crippen LogP contribution in [0.25, 0.3) is 0 Å². The lowest BCUT2D eigenvalue weighted by atomic mass is 10.1. The summed E-state index contributed by atoms with van der Waals surface area (Å²) >= 11 is 0. The Morgan fingerprint density at radius 3 is 2.89 bits per heavy atom. The summed E-state index contributed by atoms with van der Waals surface area (Å²) < 4.78 is 4.61. The Labute approximate surface area is 104 Å². The van der Waals surface area contributed by atoms with E-state index in [0.717, 1.165) is 0 Å². The number of ether oxygens (including phenoxy) is 1. The SMILES string of the molecule is COC(=O)c1ccc(NC2CNC(=O)C2)c(N)c1. The third kappa shape index (κ3) is 2.53. The van der Waals surface area contributed by atoms with E-state index in [0.29, 0.717) is 29.9 Å². The van der Waals surface area contributed by atoms with Gasteiger partial charge in [0.05, 0.1) is 30.1 Å². The molecule has 1 aliphatic heterocycles. The van der Waals surface area contributed by atoms with Gasteiger partial charge in [-0.2, -0.15) is 0 Å². The summed E-state index contributed by atoms with van der Waals surface area (Å²) in [6.07, 6.45) is 0.429. The Bertz CT molecular complexity index is 487. The molecule has 0 radical (unpaired) electrons. The standard InChI is InChI=1S/C12H15N3O3/c1-18-12(17)7-2-3-10(9(13)4-7)15-8-5-11(16)14-6-8/h2-4,8,15H,5-6,13H2,1H3,(H,14,16). The van der Waals surface area contributed by atoms with Crippen molar-refractivity contribution in [2.24, 2.45) is 0 Å². The molecule has 18 heavy (non-hydrogen) atoms. The van der Waals surface area contributed by atoms with Crippen LogP contribution in [0.15, 0.2) is 18.2 Å². The van der Waals surface area contributed by atoms with Crippen LogP contribution < -0.4 is 16.4 Å². The first-order chi connectivity index (χ1) is 8.60. The van der Waals surface area contributed by atoms with E-state index >= 15 is 0 Å². The van der Waals surface area contributed by atoms with Crippen molar-refractivity contribution < 1.29 is 14.3 Å². The zero-order valence-electron chi connectivity index (χ0n) is 10.0. The molecule has 1 heterocycles. The number of nitrogen functional groups attached to an aromatic ring is 1. The van der Waals surface area contributed by atoms with Crippen LogP contribution >= 0.6 is 0 Å². The molecule has 0 saturated carbocycles. The summed E-state index contributed by atoms with van der Waals surface area (Å²) in [7, 11) is 1.32. The van der Waals surface area contributed by atoms with Gasteiger partial charge in [0.1, 0.15) is 0 Å². The van der Waals surface area contributed by atoms with Crippen LogP contribution in [0.2, 0.25) is 0 Å². The van der Waals surface area contributed by atoms with E-state index < -0.39 is 5.97 Å². The molecule has 1 aliphatic rings. The number of nitrogens with two attached hydrogens (primary N) is 1. The largest absolute Gasteiger partial charge is 0.465 e. The van der Waals surface area contributed by atoms with Crippen molar-refractivity contribution in [2.75, 3.05) is 24.7 Å². The Kier molecular flexibility index (Phi) is 3.36. The Balaban J connectivity index is 2.10. The van der Waals surface area contributed by atoms with Crippen LogP contribution in [0.1, 0.15) is 16.8 Å². The van der Waals surface area contributed by atoms with Crippen LogP contribution in [0.5, 0.6) is 0 Å². The van der Waals surface area contributed by atoms with Crippen molar-refractivity contribution in [3.05, 3.63) is 23.8 Å². The smallest absolute Gasteiger partial charge is 0.337 e. The number of esters is 1. The highest BCUT2D eigenvalue weighted by Crippen LogP contribution is 2.22. The predicted molar refractivity (Wildman–Crippen MR) is 67.2 cm³/mol. The molecule has 1 aromatic carbocycles. The normalized spacial score (nSPS) is 18.3. The van der Waals surface area contributed by atoms with E-state index in [4.69, 9.17) is 5.73 Å². The molecular formula is C12H15N3O3. The summed E-state index contributed by atoms with van der Waals surface area (Å²) in [6.45, 7) is 0.580. The second-order valence-electron chi connectivity index (χ2n) is 4.14. The second kappa shape index (κ2) is 4.95. The fourth-order valence-corrected chi connectivity index (χ4v) is 1.87. The zero-order valence-corrected chi connectivity index (χ0v) is 10.0. The molecule has 1 unspecified atom stereocenters. The van der Waals surface area contributed by atoms with Gasteiger partial charge >= 0.3 is 5.97 Å². The average molecular weight is 249 g/mol. The molecule has 0 bridgehead atoms. The molecule has 1 amide bonds. The minimum absolute atomic E-state index is 0.0252. The third-order valence-corrected chi connectivity index (χ3v) is 2.81. The maximum Gasteiger partial charge on any atom is 0.337 e. The third-order valence-electron chi connectivity index (χ3n) is 2.81. The molecule has 0 spiro atoms. The van der Waals surface area contributed by atoms with Crippen molar-refractivity contribution >= 4 is 23.3 Å². The molecule has 2 rings (SSSR count). The zero-order chi connectivity index (χ0) is 13.1. The van der Waals surface area contributed by atoms with Crippen molar-refractivity contribution in [1.82, 2.24) is 5.32 Å². The van der Waals surface area contributed by atoms with E-state index in [-0.39, 0.29) is 11.9 Å². The van der Waals surface area contributed by atoms with Gasteiger partial charge < -0.3 is 21.1 Å². The van der Waals surface area contributed by atoms with Gasteiger partial charge in [-0.15, -0.1) is 0 Å². The first kappa shape index (κ1) is 12.2. The van der Waals surface area contributed by atoms with Crippen LogP contribution in [0.4, 0.5) is 11.4 Å². The number of hydrogen-bond donors (Lipinski definition) is 3. The van der Waals surface area contributed by atoms with E-state index in [1.165, 1.54) is 7.11 Å². The molecule has 6 nitrogen and oxygen atoms in total. The predicted octanol–water partition coefficient (Wildman–Crippen LogP) is 0.356. The highest BCUT2D eigenvalue weighted by Gasteiger charge is 2.21. The van der Waals surface area contributed by atoms with E-state index in [9.17, 15) is 9.59 Å². The molecular weight excluding hydrogens is 234 g/mol. The molecule has 1 atom stereocenters. The number of hydrogen-bond acceptors (Lipinski definition) is 5. The van der Waals surface area contributed by atoms with Gasteiger partial charge in [-0.05, 0) is 18.2 Å². The van der Waals surface area contributed by atoms with Crippen molar-refractivity contribution in [3.63, 3.8) is 0 Å². The monoisotopic (exact) mass is 249 g/mol. The highest BCUT2D eigenvalue weighted by atomic mass is 16.5. The number of methoxy groups -OCH3 is 1. The summed E-state index contributed by atoms with van der Waals surface area (Å²) in [5, 5.41) is 5.89. The second-order valence-corrected chi connectivity index (χ2v) is 4.14. The summed E-state index contributed by atoms with van der Waals surface area (Å²) in [4.78, 5) is 22.4. The van der Waals surface area contributed by atoms with E-state index in [1.54, 1.807) is 18.2 Å². The van der Waals surface area contributed by atoms with Crippen LogP contribution in [0.3, 0.4) is 0 Å². The average Bonchev–Trinajstić information content (AvgIpc) is 2.76. The number of nitrogens with one attached hydrogen (secondary N) is 2. The lowest BCUT2D eigenvalue weighted by Gasteiger charge is -2.14. The van der Waals surface area contributed by atoms with Crippen molar-refractivity contribution in [3.8, 4) is 0 Å². The fraction of sp³-hybridized carbons (Fsp3) is 0.333. The maximum absolute atomic E-state index is 11.3. The molecule has 1 aromatic rings. The van der Waals surface area contributed by atoms with Crippen LogP contribution in [0, 0.1) is 0 Å². The lowest BCUT2D eigenvalue weighted by Crippen LogP contribution is -2.23. The topological polar surface area (TPSA) is 93.5 Å². The molecule has 1 saturated heterocycles. The first-order valence-electron chi connectivity index (χ1n) is 5.61. The fourth-order valence-electron chi connectivity index (χ4n) is 1.87. The Morgan fingerprint density at radius 2 is 2.33 bits per heavy atom. The van der Waals surface area contributed by atoms with Gasteiger partial charge in [0.25, 0.3) is 0 Å². The van der Waals surface area contributed by atoms with E-state index in [2.05, 4.69) is 15.4 Å². The van der Waals surface area contributed by atoms with Gasteiger partial charge in [0.2, 0.25) is 5.91 Å². The number of carbonyl (C=O) groups is 2. The summed E-state index contributed by atoms with van der Waals surface area (Å²) in [5.41, 5.74) is 7.42. The van der Waals surface area contributed by atoms with Crippen molar-refractivity contribution in [1.29, 1.82) is 0 Å². The molecule has 0 aromatic heterocycles. The number of rotatable bonds is 3. The molecule has 0 aliphatic carbocycles. The van der Waals surface area contributed by atoms with Gasteiger partial charge in [-0.25, -0.2) is 4.79 Å². The molecule has 4 N–H and O–H groups in total. The first-order valence-corrected chi connectivity index (χ1v) is 5.61. The molecule has 6 heteroatoms. The lowest BCUT2D eigenvalue weighted by molar-refractivity contribution is -0.119. The van der Waals surface area contributed by atoms with Crippen LogP contribution in [-0.4, -0.2) is 31.6 Å². The number of amides is 1. The summed E-state index contributed by atoms with van der Waals surface area (Å²) in [6, 6.07) is 4.93. The number of benzene rings is 1. The van der Waals surface area contributed by atoms with Gasteiger partial charge in [0.15, 0.2) is 0 Å². The van der Waals surface area contributed by atoms with Crippen molar-refractivity contribution in [2.45, 2.75) is 12.5 Å². The van der Waals surface area contributed by atoms with Crippen LogP contribution in [-0.2, 0) is 9.53 Å². The minimum atomic E-state index is -0.425. The van der Waals surface area contributed by atoms with Gasteiger partial charge in [-0.1, -0.05) is 0 Å². The van der Waals surface area contributed by atoms with E-state index in [1.807, 2.05) is 0 Å². The maximum atomic E-state index is 11.3. The minimum Gasteiger partial charge on any atom is -0.465 e. The summed E-state index contributed by atoms with van der Waals surface area (Å²) in [5.74, 6) is -0.400. The molecule has 1 fully saturated rings. The van der Waals surface area contributed by atoms with Gasteiger partial charge in [0, 0.05) is 13.0 Å². The Hall–Kier alpha value is -2.24. The number of anilines is 2. The quantitative estimate of drug-likeness (QED) is 0.531. The van der Waals surface area contributed by atoms with Gasteiger partial charge in [-0.3, -0.25) is 4.79 Å². The Morgan fingerprint density at radius 1 is 1.56 bits per heavy atom. The molecule has 96 valence electrons.